The Kier molecular flexibility index (Phi) is 6.11. The fraction of sp³-hybridized carbons (Fsp3) is 0.286. The number of pyridine rings is 1. The normalized spacial score (nSPS) is 12.2. The molecule has 0 aliphatic rings. The number of aromatic nitrogens is 1. The largest absolute Gasteiger partial charge is 0.506 e. The molecule has 1 atom stereocenters. The van der Waals surface area contributed by atoms with Gasteiger partial charge in [-0.05, 0) is 54.8 Å². The maximum atomic E-state index is 11.5. The highest BCUT2D eigenvalue weighted by molar-refractivity contribution is 5.87. The van der Waals surface area contributed by atoms with Crippen LogP contribution >= 0.6 is 0 Å². The molecule has 3 aromatic rings. The summed E-state index contributed by atoms with van der Waals surface area (Å²) in [5, 5.41) is 24.3. The molecular formula is C21H24N2O4. The Morgan fingerprint density at radius 3 is 2.85 bits per heavy atom. The predicted octanol–water partition coefficient (Wildman–Crippen LogP) is 2.50. The molecular weight excluding hydrogens is 344 g/mol. The van der Waals surface area contributed by atoms with Crippen molar-refractivity contribution in [3.63, 3.8) is 0 Å². The second-order valence-electron chi connectivity index (χ2n) is 6.46. The van der Waals surface area contributed by atoms with Gasteiger partial charge in [0.25, 0.3) is 0 Å². The number of hydrogen-bond donors (Lipinski definition) is 4. The van der Waals surface area contributed by atoms with Crippen LogP contribution in [0.3, 0.4) is 0 Å². The van der Waals surface area contributed by atoms with E-state index in [1.165, 1.54) is 17.7 Å². The molecule has 2 aromatic carbocycles. The second kappa shape index (κ2) is 8.70. The summed E-state index contributed by atoms with van der Waals surface area (Å²) >= 11 is 0. The van der Waals surface area contributed by atoms with Gasteiger partial charge in [-0.15, -0.1) is 0 Å². The van der Waals surface area contributed by atoms with E-state index in [0.29, 0.717) is 23.0 Å². The molecule has 6 heteroatoms. The van der Waals surface area contributed by atoms with Gasteiger partial charge in [0.05, 0.1) is 18.7 Å². The third-order valence-corrected chi connectivity index (χ3v) is 4.56. The number of fused-ring (bicyclic) bond motifs is 1. The lowest BCUT2D eigenvalue weighted by atomic mass is 10.0. The molecule has 1 unspecified atom stereocenters. The number of aryl methyl sites for hydroxylation is 1. The number of phenols is 1. The van der Waals surface area contributed by atoms with Gasteiger partial charge in [-0.2, -0.15) is 0 Å². The number of aliphatic hydroxyl groups is 1. The summed E-state index contributed by atoms with van der Waals surface area (Å²) in [6.45, 7) is 1.15. The van der Waals surface area contributed by atoms with Crippen LogP contribution in [-0.2, 0) is 6.42 Å². The van der Waals surface area contributed by atoms with Crippen LogP contribution in [0.15, 0.2) is 53.3 Å². The Balaban J connectivity index is 1.55. The maximum absolute atomic E-state index is 11.5. The highest BCUT2D eigenvalue weighted by atomic mass is 16.5. The van der Waals surface area contributed by atoms with Gasteiger partial charge >= 0.3 is 0 Å². The first kappa shape index (κ1) is 18.9. The summed E-state index contributed by atoms with van der Waals surface area (Å²) in [6.07, 6.45) is 1.11. The van der Waals surface area contributed by atoms with E-state index in [-0.39, 0.29) is 11.3 Å². The zero-order chi connectivity index (χ0) is 19.2. The molecule has 1 heterocycles. The molecule has 3 rings (SSSR count). The molecule has 0 amide bonds. The van der Waals surface area contributed by atoms with E-state index in [1.807, 2.05) is 18.2 Å². The minimum atomic E-state index is -0.740. The van der Waals surface area contributed by atoms with E-state index in [9.17, 15) is 15.0 Å². The van der Waals surface area contributed by atoms with Crippen molar-refractivity contribution in [2.75, 3.05) is 20.2 Å². The summed E-state index contributed by atoms with van der Waals surface area (Å²) < 4.78 is 5.23. The monoisotopic (exact) mass is 368 g/mol. The van der Waals surface area contributed by atoms with E-state index in [1.54, 1.807) is 19.2 Å². The van der Waals surface area contributed by atoms with E-state index in [2.05, 4.69) is 16.4 Å². The molecule has 0 aliphatic carbocycles. The van der Waals surface area contributed by atoms with Gasteiger partial charge in [0, 0.05) is 18.0 Å². The summed E-state index contributed by atoms with van der Waals surface area (Å²) in [5.41, 5.74) is 1.93. The molecule has 0 saturated carbocycles. The fourth-order valence-corrected chi connectivity index (χ4v) is 3.14. The number of aromatic amines is 1. The molecule has 6 nitrogen and oxygen atoms in total. The molecule has 0 fully saturated rings. The Hall–Kier alpha value is -2.83. The Morgan fingerprint density at radius 2 is 2.04 bits per heavy atom. The lowest BCUT2D eigenvalue weighted by Gasteiger charge is -2.15. The number of phenolic OH excluding ortho intramolecular Hbond substituents is 1. The van der Waals surface area contributed by atoms with Crippen molar-refractivity contribution < 1.29 is 14.9 Å². The predicted molar refractivity (Wildman–Crippen MR) is 105 cm³/mol. The van der Waals surface area contributed by atoms with Gasteiger partial charge in [-0.25, -0.2) is 0 Å². The van der Waals surface area contributed by atoms with Crippen molar-refractivity contribution in [2.24, 2.45) is 0 Å². The number of hydrogen-bond acceptors (Lipinski definition) is 5. The molecule has 27 heavy (non-hydrogen) atoms. The first-order valence-electron chi connectivity index (χ1n) is 8.95. The summed E-state index contributed by atoms with van der Waals surface area (Å²) in [4.78, 5) is 14.1. The number of methoxy groups -OCH3 is 1. The molecule has 0 aliphatic heterocycles. The van der Waals surface area contributed by atoms with Crippen LogP contribution in [0.5, 0.6) is 11.5 Å². The van der Waals surface area contributed by atoms with Crippen LogP contribution in [0.2, 0.25) is 0 Å². The number of aromatic hydroxyl groups is 1. The van der Waals surface area contributed by atoms with Crippen LogP contribution in [0.1, 0.15) is 23.7 Å². The number of ether oxygens (including phenoxy) is 1. The molecule has 0 radical (unpaired) electrons. The number of rotatable bonds is 8. The Bertz CT molecular complexity index is 968. The molecule has 0 saturated heterocycles. The average molecular weight is 368 g/mol. The summed E-state index contributed by atoms with van der Waals surface area (Å²) in [5.74, 6) is 0.845. The Morgan fingerprint density at radius 1 is 1.19 bits per heavy atom. The number of aliphatic hydroxyl groups excluding tert-OH is 1. The highest BCUT2D eigenvalue weighted by Gasteiger charge is 2.13. The third kappa shape index (κ3) is 4.67. The first-order chi connectivity index (χ1) is 13.1. The topological polar surface area (TPSA) is 94.6 Å². The zero-order valence-corrected chi connectivity index (χ0v) is 15.2. The standard InChI is InChI=1S/C21H24N2O4/c1-27-15-6-2-4-14(12-15)5-3-11-22-13-19(25)16-7-9-18(24)21-17(16)8-10-20(26)23-21/h2,4,6-10,12,19,22,24-25H,3,5,11,13H2,1H3,(H,23,26). The van der Waals surface area contributed by atoms with E-state index in [4.69, 9.17) is 4.74 Å². The fourth-order valence-electron chi connectivity index (χ4n) is 3.14. The van der Waals surface area contributed by atoms with Crippen LogP contribution < -0.4 is 15.6 Å². The van der Waals surface area contributed by atoms with Crippen molar-refractivity contribution in [3.05, 3.63) is 70.0 Å². The van der Waals surface area contributed by atoms with Gasteiger partial charge in [-0.1, -0.05) is 18.2 Å². The molecule has 0 spiro atoms. The minimum absolute atomic E-state index is 0.00935. The molecule has 142 valence electrons. The Labute approximate surface area is 157 Å². The highest BCUT2D eigenvalue weighted by Crippen LogP contribution is 2.28. The van der Waals surface area contributed by atoms with Crippen LogP contribution in [0, 0.1) is 0 Å². The van der Waals surface area contributed by atoms with Gasteiger partial charge in [-0.3, -0.25) is 4.79 Å². The van der Waals surface area contributed by atoms with Crippen molar-refractivity contribution in [3.8, 4) is 11.5 Å². The van der Waals surface area contributed by atoms with Crippen LogP contribution in [-0.4, -0.2) is 35.4 Å². The smallest absolute Gasteiger partial charge is 0.248 e. The number of nitrogens with one attached hydrogen (secondary N) is 2. The molecule has 0 bridgehead atoms. The lowest BCUT2D eigenvalue weighted by molar-refractivity contribution is 0.176. The quantitative estimate of drug-likeness (QED) is 0.458. The summed E-state index contributed by atoms with van der Waals surface area (Å²) in [6, 6.07) is 14.2. The van der Waals surface area contributed by atoms with E-state index < -0.39 is 6.10 Å². The minimum Gasteiger partial charge on any atom is -0.506 e. The average Bonchev–Trinajstić information content (AvgIpc) is 2.68. The number of benzene rings is 2. The van der Waals surface area contributed by atoms with Crippen LogP contribution in [0.4, 0.5) is 0 Å². The van der Waals surface area contributed by atoms with Crippen molar-refractivity contribution in [2.45, 2.75) is 18.9 Å². The van der Waals surface area contributed by atoms with E-state index in [0.717, 1.165) is 25.1 Å². The second-order valence-corrected chi connectivity index (χ2v) is 6.46. The number of H-pyrrole nitrogens is 1. The van der Waals surface area contributed by atoms with Gasteiger partial charge in [0.2, 0.25) is 5.56 Å². The van der Waals surface area contributed by atoms with Gasteiger partial charge < -0.3 is 25.3 Å². The molecule has 4 N–H and O–H groups in total. The SMILES string of the molecule is COc1cccc(CCCNCC(O)c2ccc(O)c3[nH]c(=O)ccc23)c1. The first-order valence-corrected chi connectivity index (χ1v) is 8.95. The van der Waals surface area contributed by atoms with Crippen molar-refractivity contribution in [1.82, 2.24) is 10.3 Å². The maximum Gasteiger partial charge on any atom is 0.248 e. The van der Waals surface area contributed by atoms with Crippen molar-refractivity contribution in [1.29, 1.82) is 0 Å². The van der Waals surface area contributed by atoms with Gasteiger partial charge in [0.15, 0.2) is 0 Å². The third-order valence-electron chi connectivity index (χ3n) is 4.56. The molecule has 1 aromatic heterocycles. The summed E-state index contributed by atoms with van der Waals surface area (Å²) in [7, 11) is 1.66. The van der Waals surface area contributed by atoms with Crippen molar-refractivity contribution >= 4 is 10.9 Å². The lowest BCUT2D eigenvalue weighted by Crippen LogP contribution is -2.23. The van der Waals surface area contributed by atoms with Crippen LogP contribution in [0.25, 0.3) is 10.9 Å². The van der Waals surface area contributed by atoms with E-state index >= 15 is 0 Å². The zero-order valence-electron chi connectivity index (χ0n) is 15.2. The van der Waals surface area contributed by atoms with Gasteiger partial charge in [0.1, 0.15) is 11.5 Å².